The summed E-state index contributed by atoms with van der Waals surface area (Å²) in [6.45, 7) is 0.289. The van der Waals surface area contributed by atoms with Gasteiger partial charge in [-0.15, -0.1) is 0 Å². The molecule has 1 amide bonds. The maximum absolute atomic E-state index is 13.6. The van der Waals surface area contributed by atoms with Crippen molar-refractivity contribution in [3.63, 3.8) is 0 Å². The van der Waals surface area contributed by atoms with Crippen molar-refractivity contribution in [3.05, 3.63) is 96.1 Å². The maximum atomic E-state index is 13.6. The summed E-state index contributed by atoms with van der Waals surface area (Å²) in [5.41, 5.74) is 2.12. The highest BCUT2D eigenvalue weighted by Gasteiger charge is 2.15. The second-order valence-corrected chi connectivity index (χ2v) is 6.87. The van der Waals surface area contributed by atoms with Crippen LogP contribution in [0.2, 0.25) is 0 Å². The molecule has 0 atom stereocenters. The van der Waals surface area contributed by atoms with Gasteiger partial charge in [0.15, 0.2) is 24.0 Å². The second kappa shape index (κ2) is 8.78. The lowest BCUT2D eigenvalue weighted by Crippen LogP contribution is -2.26. The van der Waals surface area contributed by atoms with Gasteiger partial charge in [-0.05, 0) is 42.0 Å². The van der Waals surface area contributed by atoms with Crippen molar-refractivity contribution in [2.45, 2.75) is 13.3 Å². The fourth-order valence-corrected chi connectivity index (χ4v) is 2.99. The van der Waals surface area contributed by atoms with E-state index in [4.69, 9.17) is 4.74 Å². The van der Waals surface area contributed by atoms with E-state index in [2.05, 4.69) is 10.2 Å². The molecular weight excluding hydrogens is 404 g/mol. The van der Waals surface area contributed by atoms with Gasteiger partial charge in [-0.25, -0.2) is 18.1 Å². The Balaban J connectivity index is 1.35. The Morgan fingerprint density at radius 1 is 1.10 bits per heavy atom. The van der Waals surface area contributed by atoms with E-state index in [9.17, 15) is 13.6 Å². The number of benzene rings is 2. The number of rotatable bonds is 7. The average Bonchev–Trinajstić information content (AvgIpc) is 3.45. The maximum Gasteiger partial charge on any atom is 0.274 e. The van der Waals surface area contributed by atoms with Crippen molar-refractivity contribution < 1.29 is 18.3 Å². The monoisotopic (exact) mass is 423 g/mol. The lowest BCUT2D eigenvalue weighted by atomic mass is 10.2. The highest BCUT2D eigenvalue weighted by Crippen LogP contribution is 2.18. The minimum Gasteiger partial charge on any atom is -0.468 e. The summed E-state index contributed by atoms with van der Waals surface area (Å²) < 4.78 is 35.0. The van der Waals surface area contributed by atoms with Crippen LogP contribution in [0.1, 0.15) is 16.1 Å². The molecule has 0 spiro atoms. The van der Waals surface area contributed by atoms with Gasteiger partial charge in [0.2, 0.25) is 0 Å². The molecule has 2 aromatic carbocycles. The van der Waals surface area contributed by atoms with Crippen molar-refractivity contribution in [2.24, 2.45) is 0 Å². The summed E-state index contributed by atoms with van der Waals surface area (Å²) in [5.74, 6) is -1.85. The van der Waals surface area contributed by atoms with E-state index in [1.165, 1.54) is 10.7 Å². The lowest BCUT2D eigenvalue weighted by Gasteiger charge is -2.16. The molecule has 0 fully saturated rings. The standard InChI is InChI=1S/C22H19F2N5O2/c1-27(14-16-3-6-18(7-4-16)29-11-2-10-25-29)22(30)20-9-12-28(26-20)15-31-21-8-5-17(23)13-19(21)24/h2-13H,14-15H2,1H3. The average molecular weight is 423 g/mol. The number of amides is 1. The molecule has 0 aliphatic rings. The fraction of sp³-hybridized carbons (Fsp3) is 0.136. The fourth-order valence-electron chi connectivity index (χ4n) is 2.99. The first kappa shape index (κ1) is 20.3. The molecule has 0 aliphatic carbocycles. The summed E-state index contributed by atoms with van der Waals surface area (Å²) in [5, 5.41) is 8.36. The first-order valence-corrected chi connectivity index (χ1v) is 9.45. The van der Waals surface area contributed by atoms with Crippen molar-refractivity contribution in [3.8, 4) is 11.4 Å². The predicted molar refractivity (Wildman–Crippen MR) is 109 cm³/mol. The van der Waals surface area contributed by atoms with E-state index >= 15 is 0 Å². The molecule has 0 radical (unpaired) electrons. The topological polar surface area (TPSA) is 65.2 Å². The van der Waals surface area contributed by atoms with Crippen LogP contribution in [0.25, 0.3) is 5.69 Å². The van der Waals surface area contributed by atoms with Crippen molar-refractivity contribution >= 4 is 5.91 Å². The van der Waals surface area contributed by atoms with Crippen LogP contribution in [0.15, 0.2) is 73.2 Å². The molecule has 0 bridgehead atoms. The number of carbonyl (C=O) groups excluding carboxylic acids is 1. The zero-order chi connectivity index (χ0) is 21.8. The number of hydrogen-bond acceptors (Lipinski definition) is 4. The minimum atomic E-state index is -0.804. The van der Waals surface area contributed by atoms with E-state index in [-0.39, 0.29) is 24.1 Å². The molecule has 4 rings (SSSR count). The van der Waals surface area contributed by atoms with Crippen LogP contribution in [0.5, 0.6) is 5.75 Å². The Labute approximate surface area is 177 Å². The van der Waals surface area contributed by atoms with E-state index < -0.39 is 11.6 Å². The molecule has 31 heavy (non-hydrogen) atoms. The molecule has 158 valence electrons. The number of ether oxygens (including phenoxy) is 1. The second-order valence-electron chi connectivity index (χ2n) is 6.87. The third-order valence-electron chi connectivity index (χ3n) is 4.58. The van der Waals surface area contributed by atoms with Crippen LogP contribution in [0.4, 0.5) is 8.78 Å². The van der Waals surface area contributed by atoms with E-state index in [1.54, 1.807) is 35.1 Å². The summed E-state index contributed by atoms with van der Waals surface area (Å²) in [4.78, 5) is 14.2. The van der Waals surface area contributed by atoms with Crippen molar-refractivity contribution in [1.82, 2.24) is 24.5 Å². The summed E-state index contributed by atoms with van der Waals surface area (Å²) >= 11 is 0. The van der Waals surface area contributed by atoms with Gasteiger partial charge in [-0.1, -0.05) is 12.1 Å². The van der Waals surface area contributed by atoms with Crippen LogP contribution in [0.3, 0.4) is 0 Å². The van der Waals surface area contributed by atoms with Crippen molar-refractivity contribution in [2.75, 3.05) is 7.05 Å². The Morgan fingerprint density at radius 2 is 1.90 bits per heavy atom. The normalized spacial score (nSPS) is 10.8. The Morgan fingerprint density at radius 3 is 2.61 bits per heavy atom. The number of carbonyl (C=O) groups is 1. The van der Waals surface area contributed by atoms with Crippen LogP contribution in [0, 0.1) is 11.6 Å². The molecule has 2 aromatic heterocycles. The van der Waals surface area contributed by atoms with Gasteiger partial charge in [0, 0.05) is 38.2 Å². The summed E-state index contributed by atoms with van der Waals surface area (Å²) in [6.07, 6.45) is 5.12. The third kappa shape index (κ3) is 4.77. The van der Waals surface area contributed by atoms with Crippen LogP contribution >= 0.6 is 0 Å². The SMILES string of the molecule is CN(Cc1ccc(-n2cccn2)cc1)C(=O)c1ccn(COc2ccc(F)cc2F)n1. The number of nitrogens with zero attached hydrogens (tertiary/aromatic N) is 5. The molecule has 0 saturated heterocycles. The van der Waals surface area contributed by atoms with Gasteiger partial charge in [0.1, 0.15) is 5.82 Å². The number of halogens is 2. The van der Waals surface area contributed by atoms with E-state index in [0.29, 0.717) is 6.54 Å². The quantitative estimate of drug-likeness (QED) is 0.455. The highest BCUT2D eigenvalue weighted by atomic mass is 19.1. The molecule has 4 aromatic rings. The zero-order valence-electron chi connectivity index (χ0n) is 16.7. The minimum absolute atomic E-state index is 0.0968. The smallest absolute Gasteiger partial charge is 0.274 e. The van der Waals surface area contributed by atoms with E-state index in [0.717, 1.165) is 23.4 Å². The van der Waals surface area contributed by atoms with Gasteiger partial charge < -0.3 is 9.64 Å². The molecule has 9 heteroatoms. The van der Waals surface area contributed by atoms with Gasteiger partial charge in [0.25, 0.3) is 5.91 Å². The molecule has 0 unspecified atom stereocenters. The zero-order valence-corrected chi connectivity index (χ0v) is 16.7. The first-order chi connectivity index (χ1) is 15.0. The van der Waals surface area contributed by atoms with Crippen molar-refractivity contribution in [1.29, 1.82) is 0 Å². The number of aromatic nitrogens is 4. The third-order valence-corrected chi connectivity index (χ3v) is 4.58. The largest absolute Gasteiger partial charge is 0.468 e. The van der Waals surface area contributed by atoms with Gasteiger partial charge >= 0.3 is 0 Å². The predicted octanol–water partition coefficient (Wildman–Crippen LogP) is 3.66. The molecular formula is C22H19F2N5O2. The Kier molecular flexibility index (Phi) is 5.74. The summed E-state index contributed by atoms with van der Waals surface area (Å²) in [6, 6.07) is 14.2. The van der Waals surface area contributed by atoms with E-state index in [1.807, 2.05) is 36.5 Å². The van der Waals surface area contributed by atoms with Crippen LogP contribution in [-0.2, 0) is 13.3 Å². The molecule has 0 aliphatic heterocycles. The Bertz CT molecular complexity index is 1170. The van der Waals surface area contributed by atoms with Gasteiger partial charge in [-0.2, -0.15) is 10.2 Å². The van der Waals surface area contributed by atoms with Gasteiger partial charge in [0.05, 0.1) is 5.69 Å². The lowest BCUT2D eigenvalue weighted by molar-refractivity contribution is 0.0777. The highest BCUT2D eigenvalue weighted by molar-refractivity contribution is 5.91. The summed E-state index contributed by atoms with van der Waals surface area (Å²) in [7, 11) is 1.69. The molecule has 0 N–H and O–H groups in total. The molecule has 7 nitrogen and oxygen atoms in total. The van der Waals surface area contributed by atoms with Crippen LogP contribution in [-0.4, -0.2) is 37.4 Å². The van der Waals surface area contributed by atoms with Crippen LogP contribution < -0.4 is 4.74 Å². The molecule has 2 heterocycles. The molecule has 0 saturated carbocycles. The first-order valence-electron chi connectivity index (χ1n) is 9.45. The van der Waals surface area contributed by atoms with Gasteiger partial charge in [-0.3, -0.25) is 4.79 Å². The Hall–Kier alpha value is -4.01. The number of hydrogen-bond donors (Lipinski definition) is 0.